The van der Waals surface area contributed by atoms with Crippen LogP contribution in [0, 0.1) is 0 Å². The quantitative estimate of drug-likeness (QED) is 0.697. The molecule has 1 aromatic carbocycles. The molecule has 0 aromatic heterocycles. The summed E-state index contributed by atoms with van der Waals surface area (Å²) in [7, 11) is 0. The van der Waals surface area contributed by atoms with Crippen LogP contribution in [0.1, 0.15) is 46.1 Å². The monoisotopic (exact) mass is 437 g/mol. The fourth-order valence-electron chi connectivity index (χ4n) is 3.93. The molecule has 1 aromatic rings. The Kier molecular flexibility index (Phi) is 6.36. The minimum Gasteiger partial charge on any atom is -0.444 e. The maximum absolute atomic E-state index is 12.4. The number of nitrogens with zero attached hydrogens (tertiary/aromatic N) is 3. The summed E-state index contributed by atoms with van der Waals surface area (Å²) in [5.74, 6) is 0. The average Bonchev–Trinajstić information content (AvgIpc) is 3.09. The molecule has 2 aliphatic rings. The second-order valence-corrected chi connectivity index (χ2v) is 9.64. The Morgan fingerprint density at radius 2 is 1.89 bits per heavy atom. The number of ether oxygens (including phenoxy) is 1. The molecule has 0 radical (unpaired) electrons. The van der Waals surface area contributed by atoms with E-state index in [2.05, 4.69) is 50.9 Å². The highest BCUT2D eigenvalue weighted by molar-refractivity contribution is 9.10. The minimum atomic E-state index is -0.448. The van der Waals surface area contributed by atoms with Gasteiger partial charge in [-0.15, -0.1) is 0 Å². The summed E-state index contributed by atoms with van der Waals surface area (Å²) in [6.07, 6.45) is 2.35. The van der Waals surface area contributed by atoms with Gasteiger partial charge < -0.3 is 14.5 Å². The number of carbonyl (C=O) groups is 1. The van der Waals surface area contributed by atoms with E-state index in [0.29, 0.717) is 6.54 Å². The van der Waals surface area contributed by atoms with Gasteiger partial charge in [0.25, 0.3) is 0 Å². The fraction of sp³-hybridized carbons (Fsp3) is 0.667. The number of anilines is 1. The molecule has 0 unspecified atom stereocenters. The lowest BCUT2D eigenvalue weighted by molar-refractivity contribution is 0.000572. The van der Waals surface area contributed by atoms with Gasteiger partial charge in [0.05, 0.1) is 0 Å². The molecule has 6 heteroatoms. The SMILES string of the molecule is C[C@H]1CN(Cc2ccc(Br)cc2N2CCCC2)CCN1C(=O)OC(C)(C)C. The van der Waals surface area contributed by atoms with Crippen molar-refractivity contribution in [2.45, 2.75) is 58.7 Å². The highest BCUT2D eigenvalue weighted by Crippen LogP contribution is 2.29. The van der Waals surface area contributed by atoms with Gasteiger partial charge in [-0.25, -0.2) is 4.79 Å². The molecule has 2 saturated heterocycles. The van der Waals surface area contributed by atoms with Crippen molar-refractivity contribution in [3.8, 4) is 0 Å². The zero-order valence-corrected chi connectivity index (χ0v) is 18.6. The van der Waals surface area contributed by atoms with Crippen molar-refractivity contribution in [1.29, 1.82) is 0 Å². The molecule has 0 N–H and O–H groups in total. The lowest BCUT2D eigenvalue weighted by Crippen LogP contribution is -2.54. The molecule has 27 heavy (non-hydrogen) atoms. The van der Waals surface area contributed by atoms with E-state index in [9.17, 15) is 4.79 Å². The molecule has 1 atom stereocenters. The predicted molar refractivity (Wildman–Crippen MR) is 113 cm³/mol. The van der Waals surface area contributed by atoms with Crippen molar-refractivity contribution >= 4 is 27.7 Å². The summed E-state index contributed by atoms with van der Waals surface area (Å²) in [6.45, 7) is 13.5. The van der Waals surface area contributed by atoms with Crippen LogP contribution >= 0.6 is 15.9 Å². The van der Waals surface area contributed by atoms with Crippen molar-refractivity contribution in [2.24, 2.45) is 0 Å². The van der Waals surface area contributed by atoms with Crippen LogP contribution in [-0.2, 0) is 11.3 Å². The van der Waals surface area contributed by atoms with Crippen LogP contribution in [0.25, 0.3) is 0 Å². The normalized spacial score (nSPS) is 21.6. The van der Waals surface area contributed by atoms with Gasteiger partial charge in [0.2, 0.25) is 0 Å². The Labute approximate surface area is 171 Å². The molecule has 3 rings (SSSR count). The number of piperazine rings is 1. The topological polar surface area (TPSA) is 36.0 Å². The molecule has 2 aliphatic heterocycles. The van der Waals surface area contributed by atoms with Crippen LogP contribution in [-0.4, -0.2) is 60.3 Å². The molecule has 0 bridgehead atoms. The summed E-state index contributed by atoms with van der Waals surface area (Å²) >= 11 is 3.63. The molecule has 5 nitrogen and oxygen atoms in total. The summed E-state index contributed by atoms with van der Waals surface area (Å²) in [6, 6.07) is 6.78. The number of halogens is 1. The van der Waals surface area contributed by atoms with Gasteiger partial charge in [-0.05, 0) is 58.2 Å². The zero-order valence-electron chi connectivity index (χ0n) is 17.0. The van der Waals surface area contributed by atoms with E-state index in [1.807, 2.05) is 25.7 Å². The summed E-state index contributed by atoms with van der Waals surface area (Å²) in [5, 5.41) is 0. The van der Waals surface area contributed by atoms with E-state index in [1.54, 1.807) is 0 Å². The Balaban J connectivity index is 1.64. The second kappa shape index (κ2) is 8.39. The van der Waals surface area contributed by atoms with Crippen molar-refractivity contribution < 1.29 is 9.53 Å². The smallest absolute Gasteiger partial charge is 0.410 e. The summed E-state index contributed by atoms with van der Waals surface area (Å²) < 4.78 is 6.69. The number of hydrogen-bond acceptors (Lipinski definition) is 4. The maximum atomic E-state index is 12.4. The highest BCUT2D eigenvalue weighted by atomic mass is 79.9. The van der Waals surface area contributed by atoms with E-state index in [1.165, 1.54) is 24.1 Å². The molecule has 0 saturated carbocycles. The van der Waals surface area contributed by atoms with Gasteiger partial charge >= 0.3 is 6.09 Å². The number of hydrogen-bond donors (Lipinski definition) is 0. The van der Waals surface area contributed by atoms with E-state index < -0.39 is 5.60 Å². The lowest BCUT2D eigenvalue weighted by atomic mass is 10.1. The third kappa shape index (κ3) is 5.38. The number of benzene rings is 1. The third-order valence-corrected chi connectivity index (χ3v) is 5.72. The van der Waals surface area contributed by atoms with Crippen molar-refractivity contribution in [1.82, 2.24) is 9.80 Å². The third-order valence-electron chi connectivity index (χ3n) is 5.23. The first-order chi connectivity index (χ1) is 12.7. The fourth-order valence-corrected chi connectivity index (χ4v) is 4.28. The first-order valence-corrected chi connectivity index (χ1v) is 10.8. The molecule has 2 fully saturated rings. The standard InChI is InChI=1S/C21H32BrN3O2/c1-16-14-23(11-12-25(16)20(26)27-21(2,3)4)15-17-7-8-18(22)13-19(17)24-9-5-6-10-24/h7-8,13,16H,5-6,9-12,14-15H2,1-4H3/t16-/m0/s1. The van der Waals surface area contributed by atoms with Crippen LogP contribution in [0.5, 0.6) is 0 Å². The van der Waals surface area contributed by atoms with Crippen molar-refractivity contribution in [2.75, 3.05) is 37.6 Å². The number of rotatable bonds is 3. The Morgan fingerprint density at radius 3 is 2.52 bits per heavy atom. The second-order valence-electron chi connectivity index (χ2n) is 8.73. The summed E-state index contributed by atoms with van der Waals surface area (Å²) in [4.78, 5) is 19.2. The first-order valence-electron chi connectivity index (χ1n) is 9.98. The Morgan fingerprint density at radius 1 is 1.19 bits per heavy atom. The molecule has 0 aliphatic carbocycles. The van der Waals surface area contributed by atoms with Crippen LogP contribution in [0.2, 0.25) is 0 Å². The van der Waals surface area contributed by atoms with Gasteiger partial charge in [-0.2, -0.15) is 0 Å². The highest BCUT2D eigenvalue weighted by Gasteiger charge is 2.31. The molecule has 2 heterocycles. The lowest BCUT2D eigenvalue weighted by Gasteiger charge is -2.40. The number of carbonyl (C=O) groups excluding carboxylic acids is 1. The molecule has 0 spiro atoms. The number of amides is 1. The molecule has 150 valence electrons. The zero-order chi connectivity index (χ0) is 19.6. The molecular weight excluding hydrogens is 406 g/mol. The van der Waals surface area contributed by atoms with Crippen LogP contribution in [0.4, 0.5) is 10.5 Å². The predicted octanol–water partition coefficient (Wildman–Crippen LogP) is 4.49. The van der Waals surface area contributed by atoms with E-state index >= 15 is 0 Å². The van der Waals surface area contributed by atoms with Gasteiger partial charge in [0.15, 0.2) is 0 Å². The molecular formula is C21H32BrN3O2. The molecule has 1 amide bonds. The average molecular weight is 438 g/mol. The van der Waals surface area contributed by atoms with Crippen LogP contribution in [0.15, 0.2) is 22.7 Å². The first kappa shape index (κ1) is 20.5. The van der Waals surface area contributed by atoms with Gasteiger partial charge in [0.1, 0.15) is 5.60 Å². The van der Waals surface area contributed by atoms with E-state index in [-0.39, 0.29) is 12.1 Å². The van der Waals surface area contributed by atoms with E-state index in [4.69, 9.17) is 4.74 Å². The minimum absolute atomic E-state index is 0.152. The maximum Gasteiger partial charge on any atom is 0.410 e. The van der Waals surface area contributed by atoms with E-state index in [0.717, 1.165) is 37.2 Å². The van der Waals surface area contributed by atoms with Crippen molar-refractivity contribution in [3.63, 3.8) is 0 Å². The van der Waals surface area contributed by atoms with Crippen LogP contribution in [0.3, 0.4) is 0 Å². The van der Waals surface area contributed by atoms with Crippen molar-refractivity contribution in [3.05, 3.63) is 28.2 Å². The van der Waals surface area contributed by atoms with Gasteiger partial charge in [-0.3, -0.25) is 4.90 Å². The Hall–Kier alpha value is -1.27. The largest absolute Gasteiger partial charge is 0.444 e. The summed E-state index contributed by atoms with van der Waals surface area (Å²) in [5.41, 5.74) is 2.28. The Bertz CT molecular complexity index is 668. The van der Waals surface area contributed by atoms with Gasteiger partial charge in [0, 0.05) is 55.5 Å². The van der Waals surface area contributed by atoms with Gasteiger partial charge in [-0.1, -0.05) is 22.0 Å². The van der Waals surface area contributed by atoms with Crippen LogP contribution < -0.4 is 4.90 Å².